The molecule has 0 bridgehead atoms. The zero-order valence-electron chi connectivity index (χ0n) is 14.3. The highest BCUT2D eigenvalue weighted by Crippen LogP contribution is 2.03. The highest BCUT2D eigenvalue weighted by atomic mass is 16.2. The molecule has 7 heteroatoms. The Hall–Kier alpha value is -2.15. The van der Waals surface area contributed by atoms with Crippen LogP contribution >= 0.6 is 0 Å². The summed E-state index contributed by atoms with van der Waals surface area (Å²) in [6.07, 6.45) is 3.15. The first kappa shape index (κ1) is 17.2. The zero-order chi connectivity index (χ0) is 17.0. The van der Waals surface area contributed by atoms with Crippen LogP contribution in [0.25, 0.3) is 0 Å². The van der Waals surface area contributed by atoms with Gasteiger partial charge in [-0.3, -0.25) is 14.0 Å². The van der Waals surface area contributed by atoms with Crippen LogP contribution in [0.3, 0.4) is 0 Å². The number of aromatic amines is 1. The highest BCUT2D eigenvalue weighted by Gasteiger charge is 2.07. The molecule has 2 rings (SSSR count). The monoisotopic (exact) mass is 319 g/mol. The van der Waals surface area contributed by atoms with E-state index in [0.717, 1.165) is 36.3 Å². The van der Waals surface area contributed by atoms with Crippen molar-refractivity contribution in [2.75, 3.05) is 20.1 Å². The van der Waals surface area contributed by atoms with Crippen LogP contribution in [0.5, 0.6) is 0 Å². The van der Waals surface area contributed by atoms with Crippen LogP contribution < -0.4 is 11.2 Å². The summed E-state index contributed by atoms with van der Waals surface area (Å²) in [5.41, 5.74) is 2.27. The van der Waals surface area contributed by atoms with Crippen LogP contribution in [0, 0.1) is 13.8 Å². The fourth-order valence-corrected chi connectivity index (χ4v) is 2.61. The summed E-state index contributed by atoms with van der Waals surface area (Å²) in [7, 11) is 3.53. The fourth-order valence-electron chi connectivity index (χ4n) is 2.61. The number of H-pyrrole nitrogens is 1. The van der Waals surface area contributed by atoms with Gasteiger partial charge in [0.15, 0.2) is 0 Å². The molecule has 0 aliphatic carbocycles. The Balaban J connectivity index is 1.80. The Bertz CT molecular complexity index is 772. The molecule has 0 aliphatic heterocycles. The quantitative estimate of drug-likeness (QED) is 0.804. The van der Waals surface area contributed by atoms with Gasteiger partial charge in [0.05, 0.1) is 5.69 Å². The third-order valence-electron chi connectivity index (χ3n) is 4.03. The normalized spacial score (nSPS) is 11.3. The van der Waals surface area contributed by atoms with Crippen LogP contribution in [0.15, 0.2) is 21.9 Å². The van der Waals surface area contributed by atoms with Gasteiger partial charge < -0.3 is 9.88 Å². The minimum Gasteiger partial charge on any atom is -0.314 e. The highest BCUT2D eigenvalue weighted by molar-refractivity contribution is 5.06. The summed E-state index contributed by atoms with van der Waals surface area (Å²) in [5, 5.41) is 4.45. The lowest BCUT2D eigenvalue weighted by molar-refractivity contribution is 0.320. The van der Waals surface area contributed by atoms with Crippen molar-refractivity contribution in [2.24, 2.45) is 7.05 Å². The third kappa shape index (κ3) is 4.41. The van der Waals surface area contributed by atoms with E-state index in [2.05, 4.69) is 28.0 Å². The average Bonchev–Trinajstić information content (AvgIpc) is 2.82. The fraction of sp³-hybridized carbons (Fsp3) is 0.562. The number of nitrogens with one attached hydrogen (secondary N) is 1. The molecule has 0 unspecified atom stereocenters. The molecule has 0 radical (unpaired) electrons. The molecule has 0 aromatic carbocycles. The first-order valence-electron chi connectivity index (χ1n) is 7.85. The van der Waals surface area contributed by atoms with Gasteiger partial charge >= 0.3 is 5.69 Å². The Morgan fingerprint density at radius 1 is 1.26 bits per heavy atom. The number of rotatable bonds is 7. The number of likely N-dealkylation sites (N-methyl/N-ethyl adjacent to an activating group) is 1. The molecule has 0 atom stereocenters. The van der Waals surface area contributed by atoms with E-state index in [1.54, 1.807) is 0 Å². The number of hydrogen-bond acceptors (Lipinski definition) is 4. The van der Waals surface area contributed by atoms with Gasteiger partial charge in [0.2, 0.25) is 0 Å². The van der Waals surface area contributed by atoms with Gasteiger partial charge in [0.1, 0.15) is 0 Å². The average molecular weight is 319 g/mol. The van der Waals surface area contributed by atoms with Crippen molar-refractivity contribution in [3.05, 3.63) is 50.1 Å². The molecule has 23 heavy (non-hydrogen) atoms. The van der Waals surface area contributed by atoms with E-state index in [-0.39, 0.29) is 11.2 Å². The molecule has 0 fully saturated rings. The second-order valence-corrected chi connectivity index (χ2v) is 6.04. The lowest BCUT2D eigenvalue weighted by Crippen LogP contribution is -2.35. The van der Waals surface area contributed by atoms with Crippen LogP contribution in [0.1, 0.15) is 23.4 Å². The van der Waals surface area contributed by atoms with Crippen molar-refractivity contribution in [1.29, 1.82) is 0 Å². The molecule has 0 amide bonds. The van der Waals surface area contributed by atoms with Crippen LogP contribution in [0.4, 0.5) is 0 Å². The number of aryl methyl sites for hydroxylation is 3. The maximum absolute atomic E-state index is 12.0. The van der Waals surface area contributed by atoms with Crippen molar-refractivity contribution in [1.82, 2.24) is 24.2 Å². The Kier molecular flexibility index (Phi) is 5.54. The molecule has 2 aromatic rings. The van der Waals surface area contributed by atoms with E-state index >= 15 is 0 Å². The standard InChI is InChI=1S/C16H25N5O2/c1-12-10-13(2)21(18-12)8-5-7-19(3)9-6-14-11-17-16(23)20(4)15(14)22/h10-11H,5-9H2,1-4H3,(H,17,23). The third-order valence-corrected chi connectivity index (χ3v) is 4.03. The summed E-state index contributed by atoms with van der Waals surface area (Å²) >= 11 is 0. The van der Waals surface area contributed by atoms with Gasteiger partial charge in [-0.05, 0) is 46.3 Å². The van der Waals surface area contributed by atoms with Crippen LogP contribution in [-0.4, -0.2) is 44.4 Å². The van der Waals surface area contributed by atoms with Crippen molar-refractivity contribution in [3.8, 4) is 0 Å². The molecule has 0 spiro atoms. The molecule has 2 heterocycles. The molecule has 7 nitrogen and oxygen atoms in total. The molecule has 0 saturated carbocycles. The van der Waals surface area contributed by atoms with Crippen molar-refractivity contribution in [3.63, 3.8) is 0 Å². The van der Waals surface area contributed by atoms with E-state index < -0.39 is 0 Å². The Labute approximate surface area is 135 Å². The second-order valence-electron chi connectivity index (χ2n) is 6.04. The largest absolute Gasteiger partial charge is 0.328 e. The van der Waals surface area contributed by atoms with Crippen LogP contribution in [0.2, 0.25) is 0 Å². The Morgan fingerprint density at radius 3 is 2.65 bits per heavy atom. The minimum absolute atomic E-state index is 0.218. The summed E-state index contributed by atoms with van der Waals surface area (Å²) in [6, 6.07) is 2.08. The van der Waals surface area contributed by atoms with E-state index in [9.17, 15) is 9.59 Å². The number of nitrogens with zero attached hydrogens (tertiary/aromatic N) is 4. The van der Waals surface area contributed by atoms with Gasteiger partial charge in [0.25, 0.3) is 5.56 Å². The molecule has 126 valence electrons. The summed E-state index contributed by atoms with van der Waals surface area (Å²) < 4.78 is 3.14. The molecule has 0 aliphatic rings. The maximum atomic E-state index is 12.0. The van der Waals surface area contributed by atoms with Crippen molar-refractivity contribution < 1.29 is 0 Å². The molecule has 0 saturated heterocycles. The van der Waals surface area contributed by atoms with Crippen molar-refractivity contribution >= 4 is 0 Å². The van der Waals surface area contributed by atoms with E-state index in [1.165, 1.54) is 18.9 Å². The molecule has 1 N–H and O–H groups in total. The van der Waals surface area contributed by atoms with Gasteiger partial charge in [-0.1, -0.05) is 0 Å². The lowest BCUT2D eigenvalue weighted by Gasteiger charge is -2.16. The Morgan fingerprint density at radius 2 is 2.00 bits per heavy atom. The predicted octanol–water partition coefficient (Wildman–Crippen LogP) is 0.452. The summed E-state index contributed by atoms with van der Waals surface area (Å²) in [5.74, 6) is 0. The van der Waals surface area contributed by atoms with E-state index in [0.29, 0.717) is 12.0 Å². The number of aromatic nitrogens is 4. The maximum Gasteiger partial charge on any atom is 0.328 e. The van der Waals surface area contributed by atoms with Gasteiger partial charge in [-0.15, -0.1) is 0 Å². The number of hydrogen-bond donors (Lipinski definition) is 1. The predicted molar refractivity (Wildman–Crippen MR) is 89.8 cm³/mol. The molecular weight excluding hydrogens is 294 g/mol. The van der Waals surface area contributed by atoms with Crippen LogP contribution in [-0.2, 0) is 20.0 Å². The minimum atomic E-state index is -0.378. The van der Waals surface area contributed by atoms with Gasteiger partial charge in [0, 0.05) is 37.6 Å². The summed E-state index contributed by atoms with van der Waals surface area (Å²) in [6.45, 7) is 6.67. The van der Waals surface area contributed by atoms with Gasteiger partial charge in [-0.25, -0.2) is 4.79 Å². The molecular formula is C16H25N5O2. The first-order valence-corrected chi connectivity index (χ1v) is 7.85. The summed E-state index contributed by atoms with van der Waals surface area (Å²) in [4.78, 5) is 28.1. The van der Waals surface area contributed by atoms with E-state index in [1.807, 2.05) is 18.7 Å². The first-order chi connectivity index (χ1) is 10.9. The SMILES string of the molecule is Cc1cc(C)n(CCCN(C)CCc2c[nH]c(=O)n(C)c2=O)n1. The van der Waals surface area contributed by atoms with E-state index in [4.69, 9.17) is 0 Å². The van der Waals surface area contributed by atoms with Crippen molar-refractivity contribution in [2.45, 2.75) is 33.2 Å². The smallest absolute Gasteiger partial charge is 0.314 e. The molecule has 2 aromatic heterocycles. The second kappa shape index (κ2) is 7.41. The lowest BCUT2D eigenvalue weighted by atomic mass is 10.2. The topological polar surface area (TPSA) is 75.9 Å². The zero-order valence-corrected chi connectivity index (χ0v) is 14.3. The van der Waals surface area contributed by atoms with Gasteiger partial charge in [-0.2, -0.15) is 5.10 Å².